The minimum Gasteiger partial charge on any atom is -0.482 e. The number of carbonyl (C=O) groups excluding carboxylic acids is 2. The van der Waals surface area contributed by atoms with Crippen LogP contribution in [0.15, 0.2) is 22.7 Å². The molecule has 0 saturated heterocycles. The molecule has 1 heterocycles. The molecular weight excluding hydrogens is 398 g/mol. The number of fused-ring (bicyclic) bond motifs is 1. The van der Waals surface area contributed by atoms with E-state index in [0.717, 1.165) is 4.47 Å². The number of hydrogen-bond acceptors (Lipinski definition) is 4. The van der Waals surface area contributed by atoms with Crippen LogP contribution in [0.3, 0.4) is 0 Å². The Morgan fingerprint density at radius 2 is 2.17 bits per heavy atom. The van der Waals surface area contributed by atoms with E-state index in [4.69, 9.17) is 10.5 Å². The van der Waals surface area contributed by atoms with Crippen molar-refractivity contribution in [2.75, 3.05) is 24.6 Å². The zero-order valence-corrected chi connectivity index (χ0v) is 16.4. The van der Waals surface area contributed by atoms with Crippen LogP contribution in [-0.2, 0) is 9.59 Å². The van der Waals surface area contributed by atoms with Crippen molar-refractivity contribution in [1.29, 1.82) is 0 Å². The predicted molar refractivity (Wildman–Crippen MR) is 99.7 cm³/mol. The van der Waals surface area contributed by atoms with E-state index in [9.17, 15) is 9.59 Å². The van der Waals surface area contributed by atoms with Crippen molar-refractivity contribution < 1.29 is 14.3 Å². The molecular formula is C16H23BrClN3O3. The molecule has 0 spiro atoms. The van der Waals surface area contributed by atoms with Gasteiger partial charge in [-0.05, 0) is 31.0 Å². The Morgan fingerprint density at radius 1 is 1.50 bits per heavy atom. The standard InChI is InChI=1S/C16H22BrN3O3.ClH/c1-10(2)16(3,9-18)19-14(21)7-20-12-5-4-11(17)6-13(12)23-8-15(20)22;/h4-6,10H,7-9,18H2,1-3H3,(H,19,21);1H. The molecule has 1 aromatic rings. The van der Waals surface area contributed by atoms with Crippen LogP contribution >= 0.6 is 28.3 Å². The van der Waals surface area contributed by atoms with Crippen molar-refractivity contribution in [1.82, 2.24) is 5.32 Å². The lowest BCUT2D eigenvalue weighted by atomic mass is 9.88. The zero-order chi connectivity index (χ0) is 17.2. The lowest BCUT2D eigenvalue weighted by Crippen LogP contribution is -2.57. The molecule has 1 aliphatic rings. The Labute approximate surface area is 156 Å². The number of benzene rings is 1. The summed E-state index contributed by atoms with van der Waals surface area (Å²) in [5, 5.41) is 2.94. The minimum absolute atomic E-state index is 0. The van der Waals surface area contributed by atoms with Gasteiger partial charge in [-0.3, -0.25) is 14.5 Å². The number of anilines is 1. The Balaban J connectivity index is 0.00000288. The van der Waals surface area contributed by atoms with Crippen LogP contribution in [-0.4, -0.2) is 37.0 Å². The van der Waals surface area contributed by atoms with Crippen molar-refractivity contribution in [3.63, 3.8) is 0 Å². The second kappa shape index (κ2) is 8.18. The topological polar surface area (TPSA) is 84.7 Å². The summed E-state index contributed by atoms with van der Waals surface area (Å²) >= 11 is 3.36. The number of nitrogens with two attached hydrogens (primary N) is 1. The fourth-order valence-electron chi connectivity index (χ4n) is 2.28. The summed E-state index contributed by atoms with van der Waals surface area (Å²) in [6.07, 6.45) is 0. The van der Waals surface area contributed by atoms with E-state index in [1.807, 2.05) is 26.8 Å². The smallest absolute Gasteiger partial charge is 0.265 e. The van der Waals surface area contributed by atoms with Gasteiger partial charge in [0, 0.05) is 11.0 Å². The fourth-order valence-corrected chi connectivity index (χ4v) is 2.62. The van der Waals surface area contributed by atoms with Crippen molar-refractivity contribution >= 4 is 45.8 Å². The average Bonchev–Trinajstić information content (AvgIpc) is 2.49. The Bertz CT molecular complexity index is 627. The van der Waals surface area contributed by atoms with E-state index in [2.05, 4.69) is 21.2 Å². The summed E-state index contributed by atoms with van der Waals surface area (Å²) < 4.78 is 6.27. The van der Waals surface area contributed by atoms with Crippen LogP contribution in [0, 0.1) is 5.92 Å². The first-order valence-electron chi connectivity index (χ1n) is 7.50. The van der Waals surface area contributed by atoms with Gasteiger partial charge in [0.05, 0.1) is 11.2 Å². The quantitative estimate of drug-likeness (QED) is 0.764. The van der Waals surface area contributed by atoms with Gasteiger partial charge < -0.3 is 15.8 Å². The molecule has 0 radical (unpaired) electrons. The van der Waals surface area contributed by atoms with Crippen molar-refractivity contribution in [2.24, 2.45) is 11.7 Å². The SMILES string of the molecule is CC(C)C(C)(CN)NC(=O)CN1C(=O)COc2cc(Br)ccc21.Cl. The first-order chi connectivity index (χ1) is 10.8. The van der Waals surface area contributed by atoms with Gasteiger partial charge in [-0.15, -0.1) is 12.4 Å². The van der Waals surface area contributed by atoms with Crippen LogP contribution in [0.5, 0.6) is 5.75 Å². The summed E-state index contributed by atoms with van der Waals surface area (Å²) in [5.74, 6) is 0.280. The molecule has 0 fully saturated rings. The third kappa shape index (κ3) is 4.40. The molecule has 0 aromatic heterocycles. The highest BCUT2D eigenvalue weighted by molar-refractivity contribution is 9.10. The Morgan fingerprint density at radius 3 is 2.75 bits per heavy atom. The monoisotopic (exact) mass is 419 g/mol. The number of rotatable bonds is 5. The van der Waals surface area contributed by atoms with Crippen molar-refractivity contribution in [3.05, 3.63) is 22.7 Å². The molecule has 0 bridgehead atoms. The maximum Gasteiger partial charge on any atom is 0.265 e. The number of ether oxygens (including phenoxy) is 1. The number of amides is 2. The number of nitrogens with one attached hydrogen (secondary N) is 1. The Hall–Kier alpha value is -1.31. The first kappa shape index (κ1) is 20.7. The number of carbonyl (C=O) groups is 2. The highest BCUT2D eigenvalue weighted by atomic mass is 79.9. The van der Waals surface area contributed by atoms with Crippen LogP contribution < -0.4 is 20.7 Å². The van der Waals surface area contributed by atoms with Crippen LogP contribution in [0.1, 0.15) is 20.8 Å². The van der Waals surface area contributed by atoms with Crippen molar-refractivity contribution in [3.8, 4) is 5.75 Å². The third-order valence-corrected chi connectivity index (χ3v) is 4.78. The fraction of sp³-hybridized carbons (Fsp3) is 0.500. The van der Waals surface area contributed by atoms with E-state index in [1.165, 1.54) is 4.90 Å². The molecule has 134 valence electrons. The minimum atomic E-state index is -0.505. The van der Waals surface area contributed by atoms with Gasteiger partial charge in [0.1, 0.15) is 12.3 Å². The predicted octanol–water partition coefficient (Wildman–Crippen LogP) is 2.09. The molecule has 3 N–H and O–H groups in total. The van der Waals surface area contributed by atoms with E-state index in [1.54, 1.807) is 12.1 Å². The summed E-state index contributed by atoms with van der Waals surface area (Å²) in [6, 6.07) is 5.35. The molecule has 1 aromatic carbocycles. The van der Waals surface area contributed by atoms with E-state index < -0.39 is 5.54 Å². The highest BCUT2D eigenvalue weighted by Crippen LogP contribution is 2.34. The summed E-state index contributed by atoms with van der Waals surface area (Å²) in [5.41, 5.74) is 5.88. The van der Waals surface area contributed by atoms with Gasteiger partial charge >= 0.3 is 0 Å². The normalized spacial score (nSPS) is 15.9. The second-order valence-corrected chi connectivity index (χ2v) is 7.12. The molecule has 8 heteroatoms. The molecule has 1 atom stereocenters. The molecule has 6 nitrogen and oxygen atoms in total. The average molecular weight is 421 g/mol. The number of halogens is 2. The number of hydrogen-bond donors (Lipinski definition) is 2. The van der Waals surface area contributed by atoms with Crippen LogP contribution in [0.2, 0.25) is 0 Å². The maximum absolute atomic E-state index is 12.4. The van der Waals surface area contributed by atoms with Crippen LogP contribution in [0.4, 0.5) is 5.69 Å². The van der Waals surface area contributed by atoms with Gasteiger partial charge in [-0.25, -0.2) is 0 Å². The zero-order valence-electron chi connectivity index (χ0n) is 14.0. The van der Waals surface area contributed by atoms with Gasteiger partial charge in [-0.1, -0.05) is 29.8 Å². The maximum atomic E-state index is 12.4. The first-order valence-corrected chi connectivity index (χ1v) is 8.30. The molecule has 1 aliphatic heterocycles. The molecule has 0 saturated carbocycles. The van der Waals surface area contributed by atoms with E-state index in [0.29, 0.717) is 18.0 Å². The number of nitrogens with zero attached hydrogens (tertiary/aromatic N) is 1. The van der Waals surface area contributed by atoms with E-state index >= 15 is 0 Å². The van der Waals surface area contributed by atoms with Crippen molar-refractivity contribution in [2.45, 2.75) is 26.3 Å². The van der Waals surface area contributed by atoms with Gasteiger partial charge in [0.2, 0.25) is 5.91 Å². The lowest BCUT2D eigenvalue weighted by molar-refractivity contribution is -0.126. The van der Waals surface area contributed by atoms with Gasteiger partial charge in [0.15, 0.2) is 6.61 Å². The van der Waals surface area contributed by atoms with Gasteiger partial charge in [-0.2, -0.15) is 0 Å². The summed E-state index contributed by atoms with van der Waals surface area (Å²) in [4.78, 5) is 26.0. The van der Waals surface area contributed by atoms with Gasteiger partial charge in [0.25, 0.3) is 5.91 Å². The largest absolute Gasteiger partial charge is 0.482 e. The molecule has 2 amide bonds. The lowest BCUT2D eigenvalue weighted by Gasteiger charge is -2.35. The molecule has 0 aliphatic carbocycles. The highest BCUT2D eigenvalue weighted by Gasteiger charge is 2.32. The summed E-state index contributed by atoms with van der Waals surface area (Å²) in [6.45, 7) is 6.10. The molecule has 1 unspecified atom stereocenters. The van der Waals surface area contributed by atoms with E-state index in [-0.39, 0.29) is 43.3 Å². The molecule has 24 heavy (non-hydrogen) atoms. The molecule has 2 rings (SSSR count). The summed E-state index contributed by atoms with van der Waals surface area (Å²) in [7, 11) is 0. The van der Waals surface area contributed by atoms with Crippen LogP contribution in [0.25, 0.3) is 0 Å². The Kier molecular flexibility index (Phi) is 7.07. The third-order valence-electron chi connectivity index (χ3n) is 4.29. The second-order valence-electron chi connectivity index (χ2n) is 6.21.